The van der Waals surface area contributed by atoms with Crippen LogP contribution in [0.5, 0.6) is 0 Å². The van der Waals surface area contributed by atoms with Gasteiger partial charge in [0.1, 0.15) is 11.6 Å². The second-order valence-electron chi connectivity index (χ2n) is 5.42. The topological polar surface area (TPSA) is 66.9 Å². The molecule has 5 nitrogen and oxygen atoms in total. The highest BCUT2D eigenvalue weighted by atomic mass is 19.1. The summed E-state index contributed by atoms with van der Waals surface area (Å²) < 4.78 is 13.6. The van der Waals surface area contributed by atoms with Gasteiger partial charge in [-0.05, 0) is 35.9 Å². The van der Waals surface area contributed by atoms with Crippen LogP contribution >= 0.6 is 0 Å². The van der Waals surface area contributed by atoms with E-state index >= 15 is 0 Å². The maximum atomic E-state index is 13.6. The fourth-order valence-electron chi connectivity index (χ4n) is 2.28. The number of nitrogens with one attached hydrogen (secondary N) is 2. The third-order valence-corrected chi connectivity index (χ3v) is 3.53. The fourth-order valence-corrected chi connectivity index (χ4v) is 2.28. The average molecular weight is 336 g/mol. The Kier molecular flexibility index (Phi) is 5.31. The molecule has 3 rings (SSSR count). The molecule has 126 valence electrons. The minimum atomic E-state index is -0.384. The van der Waals surface area contributed by atoms with Crippen LogP contribution in [0, 0.1) is 5.82 Å². The lowest BCUT2D eigenvalue weighted by molar-refractivity contribution is -0.115. The molecule has 0 bridgehead atoms. The number of carbonyl (C=O) groups excluding carboxylic acids is 1. The summed E-state index contributed by atoms with van der Waals surface area (Å²) in [4.78, 5) is 20.5. The summed E-state index contributed by atoms with van der Waals surface area (Å²) in [7, 11) is 0. The molecule has 0 aliphatic carbocycles. The molecule has 0 fully saturated rings. The van der Waals surface area contributed by atoms with Crippen LogP contribution in [0.4, 0.5) is 15.9 Å². The van der Waals surface area contributed by atoms with Crippen molar-refractivity contribution in [3.63, 3.8) is 0 Å². The second-order valence-corrected chi connectivity index (χ2v) is 5.42. The van der Waals surface area contributed by atoms with Gasteiger partial charge in [0.05, 0.1) is 30.5 Å². The molecule has 1 amide bonds. The Morgan fingerprint density at radius 3 is 2.56 bits per heavy atom. The van der Waals surface area contributed by atoms with Gasteiger partial charge in [0, 0.05) is 6.20 Å². The van der Waals surface area contributed by atoms with E-state index in [-0.39, 0.29) is 18.1 Å². The van der Waals surface area contributed by atoms with Gasteiger partial charge in [-0.25, -0.2) is 9.37 Å². The van der Waals surface area contributed by atoms with Gasteiger partial charge in [0.2, 0.25) is 5.91 Å². The van der Waals surface area contributed by atoms with Gasteiger partial charge < -0.3 is 10.6 Å². The molecule has 2 N–H and O–H groups in total. The van der Waals surface area contributed by atoms with E-state index in [0.29, 0.717) is 23.6 Å². The zero-order valence-electron chi connectivity index (χ0n) is 13.4. The van der Waals surface area contributed by atoms with Crippen LogP contribution in [0.25, 0.3) is 0 Å². The van der Waals surface area contributed by atoms with Crippen molar-refractivity contribution in [1.29, 1.82) is 0 Å². The maximum absolute atomic E-state index is 13.6. The number of hydrogen-bond acceptors (Lipinski definition) is 4. The number of nitrogens with zero attached hydrogens (tertiary/aromatic N) is 2. The minimum Gasteiger partial charge on any atom is -0.364 e. The summed E-state index contributed by atoms with van der Waals surface area (Å²) in [5, 5.41) is 5.86. The van der Waals surface area contributed by atoms with Crippen molar-refractivity contribution in [2.24, 2.45) is 0 Å². The number of carbonyl (C=O) groups is 1. The third-order valence-electron chi connectivity index (χ3n) is 3.53. The Morgan fingerprint density at radius 1 is 1.00 bits per heavy atom. The number of benzene rings is 1. The molecule has 3 aromatic rings. The molecular weight excluding hydrogens is 319 g/mol. The number of aromatic nitrogens is 2. The predicted octanol–water partition coefficient (Wildman–Crippen LogP) is 3.41. The van der Waals surface area contributed by atoms with Crippen LogP contribution in [0.15, 0.2) is 67.0 Å². The van der Waals surface area contributed by atoms with Crippen LogP contribution in [-0.2, 0) is 17.8 Å². The number of hydrogen-bond donors (Lipinski definition) is 2. The van der Waals surface area contributed by atoms with E-state index in [0.717, 1.165) is 5.69 Å². The van der Waals surface area contributed by atoms with Crippen LogP contribution in [0.3, 0.4) is 0 Å². The molecule has 0 saturated carbocycles. The monoisotopic (exact) mass is 336 g/mol. The van der Waals surface area contributed by atoms with Crippen molar-refractivity contribution in [3.05, 3.63) is 84.1 Å². The molecule has 0 atom stereocenters. The summed E-state index contributed by atoms with van der Waals surface area (Å²) in [6.45, 7) is 0.562. The molecular formula is C19H17FN4O. The Morgan fingerprint density at radius 2 is 1.84 bits per heavy atom. The van der Waals surface area contributed by atoms with Crippen molar-refractivity contribution in [2.45, 2.75) is 13.0 Å². The summed E-state index contributed by atoms with van der Waals surface area (Å²) in [6, 6.07) is 15.4. The van der Waals surface area contributed by atoms with E-state index in [1.54, 1.807) is 42.7 Å². The zero-order valence-corrected chi connectivity index (χ0v) is 13.4. The Hall–Kier alpha value is -3.28. The molecule has 2 aromatic heterocycles. The number of anilines is 2. The molecule has 0 spiro atoms. The van der Waals surface area contributed by atoms with Gasteiger partial charge in [-0.1, -0.05) is 24.3 Å². The van der Waals surface area contributed by atoms with Crippen LogP contribution in [0.1, 0.15) is 11.3 Å². The van der Waals surface area contributed by atoms with Gasteiger partial charge in [-0.3, -0.25) is 9.78 Å². The largest absolute Gasteiger partial charge is 0.364 e. The van der Waals surface area contributed by atoms with E-state index < -0.39 is 0 Å². The zero-order chi connectivity index (χ0) is 17.5. The molecule has 2 heterocycles. The number of halogens is 1. The first-order chi connectivity index (χ1) is 12.2. The molecule has 0 saturated heterocycles. The van der Waals surface area contributed by atoms with Crippen LogP contribution in [-0.4, -0.2) is 15.9 Å². The van der Waals surface area contributed by atoms with E-state index in [9.17, 15) is 9.18 Å². The van der Waals surface area contributed by atoms with Gasteiger partial charge in [0.25, 0.3) is 0 Å². The van der Waals surface area contributed by atoms with E-state index in [2.05, 4.69) is 20.6 Å². The Labute approximate surface area is 145 Å². The van der Waals surface area contributed by atoms with Crippen molar-refractivity contribution in [3.8, 4) is 0 Å². The fraction of sp³-hybridized carbons (Fsp3) is 0.105. The van der Waals surface area contributed by atoms with Gasteiger partial charge in [-0.15, -0.1) is 0 Å². The standard InChI is InChI=1S/C19H17FN4O/c20-17-7-2-1-5-14(17)11-19(25)24-16-8-9-18(23-13-16)22-12-15-6-3-4-10-21-15/h1-10,13H,11-12H2,(H,22,23)(H,24,25). The normalized spacial score (nSPS) is 10.3. The first-order valence-electron chi connectivity index (χ1n) is 7.84. The van der Waals surface area contributed by atoms with E-state index in [1.165, 1.54) is 6.07 Å². The maximum Gasteiger partial charge on any atom is 0.228 e. The quantitative estimate of drug-likeness (QED) is 0.724. The highest BCUT2D eigenvalue weighted by Gasteiger charge is 2.08. The van der Waals surface area contributed by atoms with Crippen LogP contribution < -0.4 is 10.6 Å². The molecule has 1 aromatic carbocycles. The lowest BCUT2D eigenvalue weighted by Gasteiger charge is -2.08. The molecule has 25 heavy (non-hydrogen) atoms. The highest BCUT2D eigenvalue weighted by Crippen LogP contribution is 2.12. The Balaban J connectivity index is 1.53. The first-order valence-corrected chi connectivity index (χ1v) is 7.84. The lowest BCUT2D eigenvalue weighted by Crippen LogP contribution is -2.15. The number of rotatable bonds is 6. The molecule has 0 aliphatic rings. The van der Waals surface area contributed by atoms with Crippen LogP contribution in [0.2, 0.25) is 0 Å². The molecule has 0 radical (unpaired) electrons. The van der Waals surface area contributed by atoms with E-state index in [4.69, 9.17) is 0 Å². The Bertz CT molecular complexity index is 838. The molecule has 6 heteroatoms. The van der Waals surface area contributed by atoms with Gasteiger partial charge >= 0.3 is 0 Å². The number of pyridine rings is 2. The van der Waals surface area contributed by atoms with E-state index in [1.807, 2.05) is 18.2 Å². The van der Waals surface area contributed by atoms with Gasteiger partial charge in [0.15, 0.2) is 0 Å². The van der Waals surface area contributed by atoms with Crippen molar-refractivity contribution in [1.82, 2.24) is 9.97 Å². The third kappa shape index (κ3) is 4.84. The second kappa shape index (κ2) is 8.01. The molecule has 0 unspecified atom stereocenters. The number of amides is 1. The summed E-state index contributed by atoms with van der Waals surface area (Å²) in [6.07, 6.45) is 3.27. The van der Waals surface area contributed by atoms with Crippen molar-refractivity contribution >= 4 is 17.4 Å². The highest BCUT2D eigenvalue weighted by molar-refractivity contribution is 5.92. The summed E-state index contributed by atoms with van der Waals surface area (Å²) in [5.74, 6) is 0.00342. The van der Waals surface area contributed by atoms with Crippen molar-refractivity contribution < 1.29 is 9.18 Å². The predicted molar refractivity (Wildman–Crippen MR) is 94.5 cm³/mol. The van der Waals surface area contributed by atoms with Crippen molar-refractivity contribution in [2.75, 3.05) is 10.6 Å². The summed E-state index contributed by atoms with van der Waals surface area (Å²) >= 11 is 0. The minimum absolute atomic E-state index is 0.0215. The molecule has 0 aliphatic heterocycles. The smallest absolute Gasteiger partial charge is 0.228 e. The lowest BCUT2D eigenvalue weighted by atomic mass is 10.1. The average Bonchev–Trinajstić information content (AvgIpc) is 2.64. The van der Waals surface area contributed by atoms with Gasteiger partial charge in [-0.2, -0.15) is 0 Å². The first kappa shape index (κ1) is 16.6. The SMILES string of the molecule is O=C(Cc1ccccc1F)Nc1ccc(NCc2ccccn2)nc1. The summed E-state index contributed by atoms with van der Waals surface area (Å²) in [5.41, 5.74) is 1.83.